The molecule has 0 unspecified atom stereocenters. The predicted molar refractivity (Wildman–Crippen MR) is 93.3 cm³/mol. The number of aryl methyl sites for hydroxylation is 1. The zero-order chi connectivity index (χ0) is 15.6. The predicted octanol–water partition coefficient (Wildman–Crippen LogP) is 3.86. The maximum Gasteiger partial charge on any atom is 0.345 e. The molecule has 0 aliphatic rings. The number of carbonyl (C=O) groups excluding carboxylic acids is 1. The van der Waals surface area contributed by atoms with E-state index in [1.54, 1.807) is 18.3 Å². The van der Waals surface area contributed by atoms with E-state index in [-0.39, 0.29) is 6.03 Å². The third kappa shape index (κ3) is 6.20. The highest BCUT2D eigenvalue weighted by Gasteiger charge is 1.98. The molecule has 0 fully saturated rings. The van der Waals surface area contributed by atoms with E-state index in [0.29, 0.717) is 5.02 Å². The van der Waals surface area contributed by atoms with Gasteiger partial charge in [-0.05, 0) is 41.6 Å². The van der Waals surface area contributed by atoms with Gasteiger partial charge in [-0.1, -0.05) is 54.1 Å². The van der Waals surface area contributed by atoms with Crippen molar-refractivity contribution in [1.82, 2.24) is 10.1 Å². The van der Waals surface area contributed by atoms with Crippen LogP contribution in [0.25, 0.3) is 0 Å². The van der Waals surface area contributed by atoms with Crippen LogP contribution in [0.3, 0.4) is 0 Å². The van der Waals surface area contributed by atoms with Crippen LogP contribution < -0.4 is 10.1 Å². The first-order chi connectivity index (χ1) is 10.7. The van der Waals surface area contributed by atoms with Crippen molar-refractivity contribution in [2.75, 3.05) is 5.75 Å². The van der Waals surface area contributed by atoms with Crippen molar-refractivity contribution in [3.05, 3.63) is 70.7 Å². The molecular weight excluding hydrogens is 318 g/mol. The van der Waals surface area contributed by atoms with Crippen LogP contribution in [0.4, 0.5) is 4.79 Å². The van der Waals surface area contributed by atoms with Crippen LogP contribution in [-0.4, -0.2) is 18.0 Å². The van der Waals surface area contributed by atoms with E-state index in [4.69, 9.17) is 11.6 Å². The lowest BCUT2D eigenvalue weighted by atomic mass is 10.2. The quantitative estimate of drug-likeness (QED) is 0.365. The number of nitrogens with one attached hydrogen (secondary N) is 2. The minimum absolute atomic E-state index is 0.344. The maximum absolute atomic E-state index is 11.5. The fourth-order valence-corrected chi connectivity index (χ4v) is 2.41. The van der Waals surface area contributed by atoms with Crippen molar-refractivity contribution in [2.45, 2.75) is 6.42 Å². The van der Waals surface area contributed by atoms with Gasteiger partial charge in [0.15, 0.2) is 0 Å². The van der Waals surface area contributed by atoms with Gasteiger partial charge in [0.1, 0.15) is 0 Å². The molecule has 0 saturated carbocycles. The zero-order valence-electron chi connectivity index (χ0n) is 11.8. The lowest BCUT2D eigenvalue weighted by Crippen LogP contribution is -2.27. The van der Waals surface area contributed by atoms with Gasteiger partial charge in [-0.25, -0.2) is 10.2 Å². The van der Waals surface area contributed by atoms with Gasteiger partial charge in [0.25, 0.3) is 0 Å². The van der Waals surface area contributed by atoms with Gasteiger partial charge in [-0.15, -0.1) is 0 Å². The minimum atomic E-state index is -0.344. The van der Waals surface area contributed by atoms with Crippen LogP contribution in [0.15, 0.2) is 59.7 Å². The topological polar surface area (TPSA) is 53.5 Å². The van der Waals surface area contributed by atoms with Crippen LogP contribution in [0.1, 0.15) is 11.1 Å². The second-order valence-electron chi connectivity index (χ2n) is 4.44. The summed E-state index contributed by atoms with van der Waals surface area (Å²) in [6, 6.07) is 17.0. The summed E-state index contributed by atoms with van der Waals surface area (Å²) >= 11 is 7.14. The first kappa shape index (κ1) is 16.4. The molecule has 2 rings (SSSR count). The molecule has 114 valence electrons. The molecule has 0 bridgehead atoms. The second kappa shape index (κ2) is 9.12. The van der Waals surface area contributed by atoms with Gasteiger partial charge < -0.3 is 0 Å². The number of hydrogen-bond acceptors (Lipinski definition) is 3. The highest BCUT2D eigenvalue weighted by molar-refractivity contribution is 7.97. The van der Waals surface area contributed by atoms with Crippen molar-refractivity contribution >= 4 is 35.8 Å². The highest BCUT2D eigenvalue weighted by Crippen LogP contribution is 2.07. The zero-order valence-corrected chi connectivity index (χ0v) is 13.4. The fraction of sp³-hybridized carbons (Fsp3) is 0.125. The molecule has 2 aromatic carbocycles. The summed E-state index contributed by atoms with van der Waals surface area (Å²) in [7, 11) is 0. The minimum Gasteiger partial charge on any atom is -0.280 e. The van der Waals surface area contributed by atoms with Crippen LogP contribution in [-0.2, 0) is 6.42 Å². The van der Waals surface area contributed by atoms with Crippen LogP contribution >= 0.6 is 23.5 Å². The van der Waals surface area contributed by atoms with Gasteiger partial charge in [-0.2, -0.15) is 5.10 Å². The molecular formula is C16H16ClN3OS. The molecule has 0 radical (unpaired) electrons. The molecule has 0 heterocycles. The van der Waals surface area contributed by atoms with Crippen molar-refractivity contribution in [3.8, 4) is 0 Å². The van der Waals surface area contributed by atoms with Crippen molar-refractivity contribution < 1.29 is 4.79 Å². The number of urea groups is 1. The van der Waals surface area contributed by atoms with Gasteiger partial charge in [-0.3, -0.25) is 4.72 Å². The number of hydrogen-bond donors (Lipinski definition) is 2. The van der Waals surface area contributed by atoms with Gasteiger partial charge in [0.05, 0.1) is 6.21 Å². The Hall–Kier alpha value is -1.98. The third-order valence-corrected chi connectivity index (χ3v) is 3.74. The normalized spacial score (nSPS) is 10.6. The summed E-state index contributed by atoms with van der Waals surface area (Å²) in [6.45, 7) is 0. The number of halogens is 1. The average molecular weight is 334 g/mol. The Morgan fingerprint density at radius 1 is 1.14 bits per heavy atom. The standard InChI is InChI=1S/C16H16ClN3OS/c17-15-8-6-14(7-9-15)12-18-19-16(21)20-22-11-10-13-4-2-1-3-5-13/h1-9,12H,10-11H2,(H2,19,20,21)/b18-12+. The molecule has 0 aliphatic heterocycles. The Kier molecular flexibility index (Phi) is 6.80. The number of carbonyl (C=O) groups is 1. The van der Waals surface area contributed by atoms with E-state index in [0.717, 1.165) is 17.7 Å². The van der Waals surface area contributed by atoms with E-state index in [2.05, 4.69) is 27.4 Å². The molecule has 6 heteroatoms. The SMILES string of the molecule is O=C(N/N=C/c1ccc(Cl)cc1)NSCCc1ccccc1. The maximum atomic E-state index is 11.5. The Balaban J connectivity index is 1.62. The molecule has 2 amide bonds. The summed E-state index contributed by atoms with van der Waals surface area (Å²) in [5.74, 6) is 0.804. The molecule has 22 heavy (non-hydrogen) atoms. The fourth-order valence-electron chi connectivity index (χ4n) is 1.67. The van der Waals surface area contributed by atoms with Crippen LogP contribution in [0.5, 0.6) is 0 Å². The van der Waals surface area contributed by atoms with Gasteiger partial charge in [0.2, 0.25) is 0 Å². The number of benzene rings is 2. The first-order valence-electron chi connectivity index (χ1n) is 6.74. The summed E-state index contributed by atoms with van der Waals surface area (Å²) in [5, 5.41) is 4.53. The summed E-state index contributed by atoms with van der Waals surface area (Å²) in [5.41, 5.74) is 4.52. The molecule has 4 nitrogen and oxygen atoms in total. The van der Waals surface area contributed by atoms with Gasteiger partial charge >= 0.3 is 6.03 Å². The number of rotatable bonds is 6. The lowest BCUT2D eigenvalue weighted by molar-refractivity contribution is 0.247. The number of nitrogens with zero attached hydrogens (tertiary/aromatic N) is 1. The van der Waals surface area contributed by atoms with E-state index < -0.39 is 0 Å². The Labute approximate surface area is 139 Å². The van der Waals surface area contributed by atoms with E-state index in [1.165, 1.54) is 17.5 Å². The monoisotopic (exact) mass is 333 g/mol. The largest absolute Gasteiger partial charge is 0.345 e. The Morgan fingerprint density at radius 2 is 1.86 bits per heavy atom. The molecule has 2 aromatic rings. The van der Waals surface area contributed by atoms with E-state index in [9.17, 15) is 4.79 Å². The summed E-state index contributed by atoms with van der Waals surface area (Å²) < 4.78 is 2.68. The second-order valence-corrected chi connectivity index (χ2v) is 5.77. The van der Waals surface area contributed by atoms with E-state index >= 15 is 0 Å². The van der Waals surface area contributed by atoms with Crippen LogP contribution in [0, 0.1) is 0 Å². The van der Waals surface area contributed by atoms with Crippen molar-refractivity contribution in [2.24, 2.45) is 5.10 Å². The van der Waals surface area contributed by atoms with E-state index in [1.807, 2.05) is 30.3 Å². The average Bonchev–Trinajstić information content (AvgIpc) is 2.54. The van der Waals surface area contributed by atoms with Crippen LogP contribution in [0.2, 0.25) is 5.02 Å². The van der Waals surface area contributed by atoms with Crippen molar-refractivity contribution in [1.29, 1.82) is 0 Å². The smallest absolute Gasteiger partial charge is 0.280 e. The molecule has 0 aromatic heterocycles. The Bertz CT molecular complexity index is 617. The number of amides is 2. The summed E-state index contributed by atoms with van der Waals surface area (Å²) in [4.78, 5) is 11.5. The summed E-state index contributed by atoms with van der Waals surface area (Å²) in [6.07, 6.45) is 2.46. The molecule has 0 atom stereocenters. The van der Waals surface area contributed by atoms with Gasteiger partial charge in [0, 0.05) is 10.8 Å². The molecule has 0 aliphatic carbocycles. The molecule has 2 N–H and O–H groups in total. The van der Waals surface area contributed by atoms with Crippen molar-refractivity contribution in [3.63, 3.8) is 0 Å². The highest BCUT2D eigenvalue weighted by atomic mass is 35.5. The Morgan fingerprint density at radius 3 is 2.59 bits per heavy atom. The third-order valence-electron chi connectivity index (χ3n) is 2.75. The molecule has 0 spiro atoms. The molecule has 0 saturated heterocycles. The lowest BCUT2D eigenvalue weighted by Gasteiger charge is -2.03. The number of hydrazone groups is 1. The first-order valence-corrected chi connectivity index (χ1v) is 8.11.